The minimum Gasteiger partial charge on any atom is -0.143 e. The van der Waals surface area contributed by atoms with E-state index in [4.69, 9.17) is 0 Å². The molecule has 0 bridgehead atoms. The molecule has 2 aromatic rings. The van der Waals surface area contributed by atoms with Crippen molar-refractivity contribution in [3.63, 3.8) is 0 Å². The summed E-state index contributed by atoms with van der Waals surface area (Å²) in [7, 11) is 0. The second kappa shape index (κ2) is 10.3. The fourth-order valence-corrected chi connectivity index (χ4v) is 4.71. The highest BCUT2D eigenvalue weighted by Gasteiger charge is 2.18. The molecule has 2 rings (SSSR count). The van der Waals surface area contributed by atoms with Gasteiger partial charge in [0.05, 0.1) is 0 Å². The lowest BCUT2D eigenvalue weighted by Crippen LogP contribution is -2.08. The van der Waals surface area contributed by atoms with Gasteiger partial charge in [-0.1, -0.05) is 57.5 Å². The van der Waals surface area contributed by atoms with E-state index in [1.165, 1.54) is 51.8 Å². The Hall–Kier alpha value is -1.47. The van der Waals surface area contributed by atoms with E-state index in [-0.39, 0.29) is 0 Å². The summed E-state index contributed by atoms with van der Waals surface area (Å²) >= 11 is 4.64. The average molecular weight is 395 g/mol. The topological polar surface area (TPSA) is 0 Å². The second-order valence-electron chi connectivity index (χ2n) is 8.22. The van der Waals surface area contributed by atoms with Crippen LogP contribution in [0.3, 0.4) is 0 Å². The van der Waals surface area contributed by atoms with Gasteiger partial charge >= 0.3 is 0 Å². The largest absolute Gasteiger partial charge is 0.143 e. The molecular formula is C27H38S. The van der Waals surface area contributed by atoms with Gasteiger partial charge in [-0.2, -0.15) is 0 Å². The third-order valence-electron chi connectivity index (χ3n) is 6.19. The third-order valence-corrected chi connectivity index (χ3v) is 6.67. The molecule has 0 nitrogen and oxygen atoms in total. The van der Waals surface area contributed by atoms with Crippen LogP contribution in [0.5, 0.6) is 0 Å². The quantitative estimate of drug-likeness (QED) is 0.323. The summed E-state index contributed by atoms with van der Waals surface area (Å²) < 4.78 is 0. The molecular weight excluding hydrogens is 356 g/mol. The van der Waals surface area contributed by atoms with Crippen LogP contribution in [0.15, 0.2) is 41.3 Å². The Balaban J connectivity index is 2.33. The molecule has 28 heavy (non-hydrogen) atoms. The van der Waals surface area contributed by atoms with Gasteiger partial charge in [-0.3, -0.25) is 0 Å². The number of thiol groups is 1. The molecule has 2 aromatic carbocycles. The number of aryl methyl sites for hydroxylation is 4. The maximum Gasteiger partial charge on any atom is 0.00721 e. The zero-order valence-electron chi connectivity index (χ0n) is 18.8. The highest BCUT2D eigenvalue weighted by molar-refractivity contribution is 7.80. The Kier molecular flexibility index (Phi) is 8.43. The molecule has 0 aliphatic carbocycles. The molecule has 0 saturated heterocycles. The Morgan fingerprint density at radius 2 is 1.64 bits per heavy atom. The first kappa shape index (κ1) is 22.8. The Labute approximate surface area is 178 Å². The van der Waals surface area contributed by atoms with Crippen LogP contribution in [0, 0.1) is 13.8 Å². The Morgan fingerprint density at radius 1 is 0.964 bits per heavy atom. The van der Waals surface area contributed by atoms with Crippen molar-refractivity contribution >= 4 is 12.6 Å². The zero-order valence-corrected chi connectivity index (χ0v) is 19.7. The summed E-state index contributed by atoms with van der Waals surface area (Å²) in [6, 6.07) is 9.34. The average Bonchev–Trinajstić information content (AvgIpc) is 2.66. The van der Waals surface area contributed by atoms with Crippen LogP contribution in [0.4, 0.5) is 0 Å². The monoisotopic (exact) mass is 394 g/mol. The summed E-state index contributed by atoms with van der Waals surface area (Å²) in [5, 5.41) is 0. The van der Waals surface area contributed by atoms with E-state index in [1.54, 1.807) is 5.56 Å². The SMILES string of the molecule is C=C(C)C(CCc1ccc(CCC)c(CC)c1C)c1cc(C)c(S)cc1CC. The first-order chi connectivity index (χ1) is 13.3. The lowest BCUT2D eigenvalue weighted by molar-refractivity contribution is 0.692. The number of hydrogen-bond donors (Lipinski definition) is 1. The fraction of sp³-hybridized carbons (Fsp3) is 0.481. The van der Waals surface area contributed by atoms with Gasteiger partial charge in [-0.05, 0) is 97.9 Å². The Morgan fingerprint density at radius 3 is 2.21 bits per heavy atom. The molecule has 0 aromatic heterocycles. The summed E-state index contributed by atoms with van der Waals surface area (Å²) in [6.07, 6.45) is 6.79. The minimum absolute atomic E-state index is 0.405. The summed E-state index contributed by atoms with van der Waals surface area (Å²) in [4.78, 5) is 1.09. The molecule has 0 amide bonds. The summed E-state index contributed by atoms with van der Waals surface area (Å²) in [5.74, 6) is 0.405. The van der Waals surface area contributed by atoms with Gasteiger partial charge in [-0.15, -0.1) is 12.6 Å². The van der Waals surface area contributed by atoms with Gasteiger partial charge in [0, 0.05) is 10.8 Å². The molecule has 0 aliphatic heterocycles. The minimum atomic E-state index is 0.405. The van der Waals surface area contributed by atoms with Crippen molar-refractivity contribution in [2.75, 3.05) is 0 Å². The molecule has 1 unspecified atom stereocenters. The number of hydrogen-bond acceptors (Lipinski definition) is 1. The molecule has 0 radical (unpaired) electrons. The molecule has 152 valence electrons. The van der Waals surface area contributed by atoms with Crippen molar-refractivity contribution in [3.8, 4) is 0 Å². The molecule has 0 aliphatic rings. The van der Waals surface area contributed by atoms with E-state index in [0.29, 0.717) is 5.92 Å². The molecule has 1 atom stereocenters. The van der Waals surface area contributed by atoms with E-state index in [9.17, 15) is 0 Å². The summed E-state index contributed by atoms with van der Waals surface area (Å²) in [6.45, 7) is 17.8. The molecule has 0 fully saturated rings. The third kappa shape index (κ3) is 5.11. The van der Waals surface area contributed by atoms with Crippen molar-refractivity contribution in [3.05, 3.63) is 75.4 Å². The predicted molar refractivity (Wildman–Crippen MR) is 128 cm³/mol. The Bertz CT molecular complexity index is 829. The van der Waals surface area contributed by atoms with Gasteiger partial charge in [0.2, 0.25) is 0 Å². The molecule has 0 N–H and O–H groups in total. The van der Waals surface area contributed by atoms with E-state index < -0.39 is 0 Å². The zero-order chi connectivity index (χ0) is 20.8. The van der Waals surface area contributed by atoms with Crippen molar-refractivity contribution in [2.45, 2.75) is 90.9 Å². The first-order valence-corrected chi connectivity index (χ1v) is 11.4. The first-order valence-electron chi connectivity index (χ1n) is 10.9. The van der Waals surface area contributed by atoms with Gasteiger partial charge in [0.15, 0.2) is 0 Å². The highest BCUT2D eigenvalue weighted by atomic mass is 32.1. The van der Waals surface area contributed by atoms with E-state index in [2.05, 4.69) is 85.0 Å². The van der Waals surface area contributed by atoms with Crippen molar-refractivity contribution in [2.24, 2.45) is 0 Å². The normalized spacial score (nSPS) is 12.2. The van der Waals surface area contributed by atoms with Crippen LogP contribution in [-0.2, 0) is 25.7 Å². The van der Waals surface area contributed by atoms with E-state index in [0.717, 1.165) is 30.6 Å². The molecule has 1 heteroatoms. The van der Waals surface area contributed by atoms with Crippen molar-refractivity contribution in [1.29, 1.82) is 0 Å². The van der Waals surface area contributed by atoms with Gasteiger partial charge in [-0.25, -0.2) is 0 Å². The lowest BCUT2D eigenvalue weighted by atomic mass is 9.82. The van der Waals surface area contributed by atoms with Crippen LogP contribution in [0.1, 0.15) is 85.4 Å². The molecule has 0 spiro atoms. The van der Waals surface area contributed by atoms with Crippen LogP contribution in [0.25, 0.3) is 0 Å². The van der Waals surface area contributed by atoms with Crippen LogP contribution in [0.2, 0.25) is 0 Å². The van der Waals surface area contributed by atoms with Crippen molar-refractivity contribution in [1.82, 2.24) is 0 Å². The number of allylic oxidation sites excluding steroid dienone is 1. The summed E-state index contributed by atoms with van der Waals surface area (Å²) in [5.41, 5.74) is 11.5. The standard InChI is InChI=1S/C27H38S/c1-8-11-23-13-12-22(20(7)24(23)10-3)14-15-25(18(4)5)26-16-19(6)27(28)17-21(26)9-2/h12-13,16-17,25,28H,4,8-11,14-15H2,1-3,5-7H3. The van der Waals surface area contributed by atoms with E-state index >= 15 is 0 Å². The van der Waals surface area contributed by atoms with Crippen molar-refractivity contribution < 1.29 is 0 Å². The second-order valence-corrected chi connectivity index (χ2v) is 8.70. The maximum absolute atomic E-state index is 4.64. The number of benzene rings is 2. The van der Waals surface area contributed by atoms with Crippen LogP contribution < -0.4 is 0 Å². The van der Waals surface area contributed by atoms with Crippen LogP contribution in [-0.4, -0.2) is 0 Å². The van der Waals surface area contributed by atoms with Crippen LogP contribution >= 0.6 is 12.6 Å². The van der Waals surface area contributed by atoms with Gasteiger partial charge in [0.1, 0.15) is 0 Å². The highest BCUT2D eigenvalue weighted by Crippen LogP contribution is 2.34. The fourth-order valence-electron chi connectivity index (χ4n) is 4.49. The number of rotatable bonds is 9. The maximum atomic E-state index is 4.64. The molecule has 0 saturated carbocycles. The smallest absolute Gasteiger partial charge is 0.00721 e. The van der Waals surface area contributed by atoms with Gasteiger partial charge < -0.3 is 0 Å². The predicted octanol–water partition coefficient (Wildman–Crippen LogP) is 7.96. The van der Waals surface area contributed by atoms with E-state index in [1.807, 2.05) is 0 Å². The lowest BCUT2D eigenvalue weighted by Gasteiger charge is -2.23. The molecule has 0 heterocycles. The van der Waals surface area contributed by atoms with Gasteiger partial charge in [0.25, 0.3) is 0 Å².